The second kappa shape index (κ2) is 10.9. The van der Waals surface area contributed by atoms with Crippen LogP contribution in [0, 0.1) is 17.2 Å². The van der Waals surface area contributed by atoms with E-state index in [4.69, 9.17) is 5.26 Å². The molecule has 5 nitrogen and oxygen atoms in total. The molecule has 1 amide bonds. The molecule has 0 radical (unpaired) electrons. The summed E-state index contributed by atoms with van der Waals surface area (Å²) in [6.07, 6.45) is 0.750. The lowest BCUT2D eigenvalue weighted by atomic mass is 9.88. The van der Waals surface area contributed by atoms with Crippen molar-refractivity contribution in [3.8, 4) is 17.2 Å². The SMILES string of the molecule is CC(C)CC(C(=O)NCC#N)c1cccc(-c2ccc(N3CCN(C(C)(C)C)CC3)cc2)c1. The van der Waals surface area contributed by atoms with Crippen molar-refractivity contribution in [3.63, 3.8) is 0 Å². The molecular weight excluding hydrogens is 408 g/mol. The molecule has 1 fully saturated rings. The first kappa shape index (κ1) is 24.8. The number of hydrogen-bond donors (Lipinski definition) is 1. The molecule has 1 atom stereocenters. The maximum absolute atomic E-state index is 12.7. The number of piperazine rings is 1. The Morgan fingerprint density at radius 2 is 1.70 bits per heavy atom. The molecule has 1 N–H and O–H groups in total. The van der Waals surface area contributed by atoms with Gasteiger partial charge in [0.2, 0.25) is 5.91 Å². The highest BCUT2D eigenvalue weighted by Crippen LogP contribution is 2.30. The van der Waals surface area contributed by atoms with Crippen LogP contribution in [0.15, 0.2) is 48.5 Å². The zero-order valence-corrected chi connectivity index (χ0v) is 20.8. The first-order chi connectivity index (χ1) is 15.7. The number of carbonyl (C=O) groups excluding carboxylic acids is 1. The van der Waals surface area contributed by atoms with Crippen LogP contribution in [0.4, 0.5) is 5.69 Å². The monoisotopic (exact) mass is 446 g/mol. The number of nitrogens with one attached hydrogen (secondary N) is 1. The van der Waals surface area contributed by atoms with E-state index in [0.717, 1.165) is 49.3 Å². The van der Waals surface area contributed by atoms with Crippen molar-refractivity contribution in [2.45, 2.75) is 52.5 Å². The molecule has 0 aliphatic carbocycles. The lowest BCUT2D eigenvalue weighted by Crippen LogP contribution is -2.53. The van der Waals surface area contributed by atoms with Gasteiger partial charge in [-0.1, -0.05) is 50.2 Å². The Balaban J connectivity index is 1.74. The summed E-state index contributed by atoms with van der Waals surface area (Å²) < 4.78 is 0. The van der Waals surface area contributed by atoms with E-state index < -0.39 is 0 Å². The summed E-state index contributed by atoms with van der Waals surface area (Å²) in [5.41, 5.74) is 4.74. The van der Waals surface area contributed by atoms with Gasteiger partial charge >= 0.3 is 0 Å². The highest BCUT2D eigenvalue weighted by Gasteiger charge is 2.26. The van der Waals surface area contributed by atoms with Crippen LogP contribution in [0.3, 0.4) is 0 Å². The number of nitriles is 1. The zero-order chi connectivity index (χ0) is 24.0. The highest BCUT2D eigenvalue weighted by atomic mass is 16.1. The minimum Gasteiger partial charge on any atom is -0.369 e. The minimum absolute atomic E-state index is 0.0403. The van der Waals surface area contributed by atoms with Crippen LogP contribution in [0.2, 0.25) is 0 Å². The van der Waals surface area contributed by atoms with Gasteiger partial charge in [-0.25, -0.2) is 0 Å². The molecule has 5 heteroatoms. The predicted octanol–water partition coefficient (Wildman–Crippen LogP) is 5.04. The fourth-order valence-electron chi connectivity index (χ4n) is 4.55. The summed E-state index contributed by atoms with van der Waals surface area (Å²) in [7, 11) is 0. The number of anilines is 1. The number of amides is 1. The van der Waals surface area contributed by atoms with E-state index in [1.165, 1.54) is 5.69 Å². The van der Waals surface area contributed by atoms with Crippen LogP contribution in [-0.2, 0) is 4.79 Å². The Hall–Kier alpha value is -2.84. The zero-order valence-electron chi connectivity index (χ0n) is 20.8. The third-order valence-electron chi connectivity index (χ3n) is 6.45. The minimum atomic E-state index is -0.253. The number of carbonyl (C=O) groups is 1. The third-order valence-corrected chi connectivity index (χ3v) is 6.45. The molecule has 1 aliphatic heterocycles. The van der Waals surface area contributed by atoms with E-state index in [2.05, 4.69) is 86.1 Å². The summed E-state index contributed by atoms with van der Waals surface area (Å²) in [6, 6.07) is 19.0. The number of nitrogens with zero attached hydrogens (tertiary/aromatic N) is 3. The molecule has 1 aliphatic rings. The first-order valence-corrected chi connectivity index (χ1v) is 12.0. The Labute approximate surface area is 199 Å². The third kappa shape index (κ3) is 6.58. The highest BCUT2D eigenvalue weighted by molar-refractivity contribution is 5.84. The number of hydrogen-bond acceptors (Lipinski definition) is 4. The summed E-state index contributed by atoms with van der Waals surface area (Å²) in [4.78, 5) is 17.7. The van der Waals surface area contributed by atoms with Crippen molar-refractivity contribution in [2.24, 2.45) is 5.92 Å². The topological polar surface area (TPSA) is 59.4 Å². The number of rotatable bonds is 7. The van der Waals surface area contributed by atoms with Crippen molar-refractivity contribution in [2.75, 3.05) is 37.6 Å². The van der Waals surface area contributed by atoms with Gasteiger partial charge in [-0.2, -0.15) is 5.26 Å². The maximum atomic E-state index is 12.7. The molecule has 0 aromatic heterocycles. The van der Waals surface area contributed by atoms with Crippen LogP contribution in [0.1, 0.15) is 52.5 Å². The molecule has 2 aromatic rings. The molecule has 1 unspecified atom stereocenters. The summed E-state index contributed by atoms with van der Waals surface area (Å²) in [6.45, 7) is 15.4. The van der Waals surface area contributed by atoms with Gasteiger partial charge in [0.05, 0.1) is 12.0 Å². The molecule has 3 rings (SSSR count). The van der Waals surface area contributed by atoms with Crippen molar-refractivity contribution in [1.29, 1.82) is 5.26 Å². The lowest BCUT2D eigenvalue weighted by molar-refractivity contribution is -0.122. The van der Waals surface area contributed by atoms with Gasteiger partial charge in [-0.3, -0.25) is 9.69 Å². The van der Waals surface area contributed by atoms with E-state index in [0.29, 0.717) is 5.92 Å². The van der Waals surface area contributed by atoms with Crippen LogP contribution in [0.25, 0.3) is 11.1 Å². The molecule has 0 bridgehead atoms. The molecule has 0 saturated carbocycles. The van der Waals surface area contributed by atoms with E-state index in [1.807, 2.05) is 18.2 Å². The second-order valence-corrected chi connectivity index (χ2v) is 10.4. The van der Waals surface area contributed by atoms with Crippen molar-refractivity contribution >= 4 is 11.6 Å². The first-order valence-electron chi connectivity index (χ1n) is 12.0. The van der Waals surface area contributed by atoms with Crippen LogP contribution < -0.4 is 10.2 Å². The van der Waals surface area contributed by atoms with Gasteiger partial charge < -0.3 is 10.2 Å². The summed E-state index contributed by atoms with van der Waals surface area (Å²) >= 11 is 0. The Bertz CT molecular complexity index is 961. The van der Waals surface area contributed by atoms with Gasteiger partial charge in [0.15, 0.2) is 0 Å². The van der Waals surface area contributed by atoms with Gasteiger partial charge in [-0.05, 0) is 61.9 Å². The normalized spacial score (nSPS) is 15.8. The smallest absolute Gasteiger partial charge is 0.228 e. The average Bonchev–Trinajstić information content (AvgIpc) is 2.80. The van der Waals surface area contributed by atoms with Crippen LogP contribution in [-0.4, -0.2) is 49.1 Å². The molecule has 1 heterocycles. The van der Waals surface area contributed by atoms with Gasteiger partial charge in [0.25, 0.3) is 0 Å². The van der Waals surface area contributed by atoms with Gasteiger partial charge in [0.1, 0.15) is 6.54 Å². The molecule has 2 aromatic carbocycles. The van der Waals surface area contributed by atoms with Crippen molar-refractivity contribution in [1.82, 2.24) is 10.2 Å². The summed E-state index contributed by atoms with van der Waals surface area (Å²) in [5.74, 6) is 0.0494. The van der Waals surface area contributed by atoms with Crippen molar-refractivity contribution in [3.05, 3.63) is 54.1 Å². The Morgan fingerprint density at radius 3 is 2.27 bits per heavy atom. The van der Waals surface area contributed by atoms with Crippen LogP contribution in [0.5, 0.6) is 0 Å². The quantitative estimate of drug-likeness (QED) is 0.605. The van der Waals surface area contributed by atoms with E-state index in [1.54, 1.807) is 0 Å². The Morgan fingerprint density at radius 1 is 1.03 bits per heavy atom. The Kier molecular flexibility index (Phi) is 8.15. The average molecular weight is 447 g/mol. The standard InChI is InChI=1S/C28H38N4O/c1-21(2)19-26(27(33)30-14-13-29)24-8-6-7-23(20-24)22-9-11-25(12-10-22)31-15-17-32(18-16-31)28(3,4)5/h6-12,20-21,26H,14-19H2,1-5H3,(H,30,33). The van der Waals surface area contributed by atoms with E-state index in [-0.39, 0.29) is 23.9 Å². The fourth-order valence-corrected chi connectivity index (χ4v) is 4.55. The van der Waals surface area contributed by atoms with Crippen LogP contribution >= 0.6 is 0 Å². The fraction of sp³-hybridized carbons (Fsp3) is 0.500. The van der Waals surface area contributed by atoms with Crippen molar-refractivity contribution < 1.29 is 4.79 Å². The number of benzene rings is 2. The second-order valence-electron chi connectivity index (χ2n) is 10.4. The summed E-state index contributed by atoms with van der Waals surface area (Å²) in [5, 5.41) is 11.6. The van der Waals surface area contributed by atoms with E-state index in [9.17, 15) is 4.79 Å². The maximum Gasteiger partial charge on any atom is 0.228 e. The largest absolute Gasteiger partial charge is 0.369 e. The molecule has 0 spiro atoms. The van der Waals surface area contributed by atoms with Gasteiger partial charge in [-0.15, -0.1) is 0 Å². The lowest BCUT2D eigenvalue weighted by Gasteiger charge is -2.43. The molecular formula is C28H38N4O. The van der Waals surface area contributed by atoms with E-state index >= 15 is 0 Å². The molecule has 1 saturated heterocycles. The van der Waals surface area contributed by atoms with Gasteiger partial charge in [0, 0.05) is 37.4 Å². The molecule has 176 valence electrons. The predicted molar refractivity (Wildman–Crippen MR) is 136 cm³/mol. The molecule has 33 heavy (non-hydrogen) atoms.